The molecule has 1 unspecified atom stereocenters. The first-order chi connectivity index (χ1) is 6.15. The molecule has 1 atom stereocenters. The van der Waals surface area contributed by atoms with E-state index >= 15 is 0 Å². The molecule has 0 bridgehead atoms. The number of hydrogen-bond donors (Lipinski definition) is 1. The minimum absolute atomic E-state index is 0.446. The van der Waals surface area contributed by atoms with Crippen molar-refractivity contribution in [2.45, 2.75) is 24.8 Å². The van der Waals surface area contributed by atoms with Crippen molar-refractivity contribution >= 4 is 23.4 Å². The predicted octanol–water partition coefficient (Wildman–Crippen LogP) is 3.51. The topological polar surface area (TPSA) is 20.2 Å². The molecule has 0 aliphatic rings. The van der Waals surface area contributed by atoms with Gasteiger partial charge in [0.25, 0.3) is 0 Å². The lowest BCUT2D eigenvalue weighted by Crippen LogP contribution is -1.90. The second-order valence-corrected chi connectivity index (χ2v) is 4.51. The van der Waals surface area contributed by atoms with Crippen molar-refractivity contribution in [2.75, 3.05) is 5.75 Å². The molecule has 0 spiro atoms. The highest BCUT2D eigenvalue weighted by molar-refractivity contribution is 7.99. The summed E-state index contributed by atoms with van der Waals surface area (Å²) < 4.78 is 0. The second-order valence-electron chi connectivity index (χ2n) is 2.80. The van der Waals surface area contributed by atoms with E-state index in [1.807, 2.05) is 18.2 Å². The summed E-state index contributed by atoms with van der Waals surface area (Å²) in [7, 11) is 0. The van der Waals surface area contributed by atoms with E-state index in [-0.39, 0.29) is 0 Å². The molecular weight excluding hydrogens is 204 g/mol. The van der Waals surface area contributed by atoms with Gasteiger partial charge in [-0.25, -0.2) is 0 Å². The largest absolute Gasteiger partial charge is 0.389 e. The van der Waals surface area contributed by atoms with Gasteiger partial charge in [0.2, 0.25) is 0 Å². The molecular formula is C10H13ClOS. The molecule has 0 aliphatic heterocycles. The molecule has 1 nitrogen and oxygen atoms in total. The summed E-state index contributed by atoms with van der Waals surface area (Å²) in [6.45, 7) is 3.82. The number of halogens is 1. The van der Waals surface area contributed by atoms with E-state index in [2.05, 4.69) is 6.92 Å². The van der Waals surface area contributed by atoms with Gasteiger partial charge in [0.05, 0.1) is 11.1 Å². The first-order valence-corrected chi connectivity index (χ1v) is 5.61. The van der Waals surface area contributed by atoms with Gasteiger partial charge in [0.1, 0.15) is 0 Å². The number of aliphatic hydroxyl groups excluding tert-OH is 1. The molecule has 0 amide bonds. The Kier molecular flexibility index (Phi) is 4.10. The molecule has 1 aromatic carbocycles. The number of benzene rings is 1. The lowest BCUT2D eigenvalue weighted by atomic mass is 10.1. The number of rotatable bonds is 3. The zero-order valence-electron chi connectivity index (χ0n) is 7.75. The van der Waals surface area contributed by atoms with Crippen LogP contribution in [0, 0.1) is 0 Å². The monoisotopic (exact) mass is 216 g/mol. The smallest absolute Gasteiger partial charge is 0.0762 e. The maximum atomic E-state index is 9.30. The third-order valence-corrected chi connectivity index (χ3v) is 3.12. The SMILES string of the molecule is CCSc1ccc(C(C)O)cc1Cl. The van der Waals surface area contributed by atoms with Crippen molar-refractivity contribution in [1.82, 2.24) is 0 Å². The minimum Gasteiger partial charge on any atom is -0.389 e. The Morgan fingerprint density at radius 3 is 2.69 bits per heavy atom. The lowest BCUT2D eigenvalue weighted by Gasteiger charge is -2.07. The van der Waals surface area contributed by atoms with E-state index in [4.69, 9.17) is 11.6 Å². The average molecular weight is 217 g/mol. The summed E-state index contributed by atoms with van der Waals surface area (Å²) in [5, 5.41) is 10.0. The van der Waals surface area contributed by atoms with E-state index in [0.29, 0.717) is 0 Å². The highest BCUT2D eigenvalue weighted by Crippen LogP contribution is 2.29. The van der Waals surface area contributed by atoms with Crippen LogP contribution in [0.3, 0.4) is 0 Å². The summed E-state index contributed by atoms with van der Waals surface area (Å²) in [5.74, 6) is 1.01. The van der Waals surface area contributed by atoms with Gasteiger partial charge >= 0.3 is 0 Å². The highest BCUT2D eigenvalue weighted by Gasteiger charge is 2.04. The van der Waals surface area contributed by atoms with Crippen LogP contribution >= 0.6 is 23.4 Å². The Bertz CT molecular complexity index is 286. The van der Waals surface area contributed by atoms with Crippen molar-refractivity contribution in [1.29, 1.82) is 0 Å². The van der Waals surface area contributed by atoms with E-state index < -0.39 is 6.10 Å². The molecule has 0 aliphatic carbocycles. The van der Waals surface area contributed by atoms with Crippen molar-refractivity contribution in [3.05, 3.63) is 28.8 Å². The van der Waals surface area contributed by atoms with Gasteiger partial charge in [-0.15, -0.1) is 11.8 Å². The third-order valence-electron chi connectivity index (χ3n) is 1.74. The fourth-order valence-electron chi connectivity index (χ4n) is 1.05. The first-order valence-electron chi connectivity index (χ1n) is 4.25. The number of thioether (sulfide) groups is 1. The Morgan fingerprint density at radius 1 is 1.54 bits per heavy atom. The fourth-order valence-corrected chi connectivity index (χ4v) is 2.07. The van der Waals surface area contributed by atoms with Gasteiger partial charge in [-0.2, -0.15) is 0 Å². The molecule has 1 aromatic rings. The van der Waals surface area contributed by atoms with Crippen LogP contribution in [0.15, 0.2) is 23.1 Å². The zero-order chi connectivity index (χ0) is 9.84. The fraction of sp³-hybridized carbons (Fsp3) is 0.400. The van der Waals surface area contributed by atoms with Gasteiger partial charge in [-0.1, -0.05) is 24.6 Å². The molecule has 0 fully saturated rings. The van der Waals surface area contributed by atoms with Crippen molar-refractivity contribution < 1.29 is 5.11 Å². The quantitative estimate of drug-likeness (QED) is 0.781. The van der Waals surface area contributed by atoms with E-state index in [1.165, 1.54) is 0 Å². The van der Waals surface area contributed by atoms with Gasteiger partial charge in [-0.05, 0) is 30.4 Å². The van der Waals surface area contributed by atoms with Crippen LogP contribution in [0.5, 0.6) is 0 Å². The van der Waals surface area contributed by atoms with E-state index in [1.54, 1.807) is 18.7 Å². The molecule has 0 radical (unpaired) electrons. The van der Waals surface area contributed by atoms with Crippen LogP contribution in [0.4, 0.5) is 0 Å². The van der Waals surface area contributed by atoms with Crippen LogP contribution in [0.1, 0.15) is 25.5 Å². The van der Waals surface area contributed by atoms with Crippen LogP contribution < -0.4 is 0 Å². The Morgan fingerprint density at radius 2 is 2.23 bits per heavy atom. The van der Waals surface area contributed by atoms with Crippen molar-refractivity contribution in [3.63, 3.8) is 0 Å². The summed E-state index contributed by atoms with van der Waals surface area (Å²) in [5.41, 5.74) is 0.866. The van der Waals surface area contributed by atoms with Crippen LogP contribution in [0.25, 0.3) is 0 Å². The van der Waals surface area contributed by atoms with Gasteiger partial charge in [-0.3, -0.25) is 0 Å². The lowest BCUT2D eigenvalue weighted by molar-refractivity contribution is 0.199. The summed E-state index contributed by atoms with van der Waals surface area (Å²) >= 11 is 7.73. The first kappa shape index (κ1) is 10.9. The predicted molar refractivity (Wildman–Crippen MR) is 58.5 cm³/mol. The normalized spacial score (nSPS) is 12.9. The third kappa shape index (κ3) is 2.90. The summed E-state index contributed by atoms with van der Waals surface area (Å²) in [6.07, 6.45) is -0.446. The van der Waals surface area contributed by atoms with E-state index in [0.717, 1.165) is 21.2 Å². The Balaban J connectivity index is 2.92. The molecule has 3 heteroatoms. The van der Waals surface area contributed by atoms with Crippen molar-refractivity contribution in [2.24, 2.45) is 0 Å². The highest BCUT2D eigenvalue weighted by atomic mass is 35.5. The standard InChI is InChI=1S/C10H13ClOS/c1-3-13-10-5-4-8(7(2)12)6-9(10)11/h4-7,12H,3H2,1-2H3. The minimum atomic E-state index is -0.446. The molecule has 13 heavy (non-hydrogen) atoms. The molecule has 72 valence electrons. The van der Waals surface area contributed by atoms with Crippen LogP contribution in [0.2, 0.25) is 5.02 Å². The molecule has 0 saturated carbocycles. The van der Waals surface area contributed by atoms with Crippen LogP contribution in [-0.4, -0.2) is 10.9 Å². The zero-order valence-corrected chi connectivity index (χ0v) is 9.32. The van der Waals surface area contributed by atoms with Gasteiger partial charge < -0.3 is 5.11 Å². The second kappa shape index (κ2) is 4.89. The van der Waals surface area contributed by atoms with Crippen molar-refractivity contribution in [3.8, 4) is 0 Å². The van der Waals surface area contributed by atoms with Gasteiger partial charge in [0, 0.05) is 4.90 Å². The molecule has 0 saturated heterocycles. The van der Waals surface area contributed by atoms with Gasteiger partial charge in [0.15, 0.2) is 0 Å². The average Bonchev–Trinajstić information content (AvgIpc) is 2.08. The molecule has 1 rings (SSSR count). The maximum Gasteiger partial charge on any atom is 0.0762 e. The molecule has 1 N–H and O–H groups in total. The molecule has 0 aromatic heterocycles. The van der Waals surface area contributed by atoms with Crippen LogP contribution in [-0.2, 0) is 0 Å². The Hall–Kier alpha value is -0.180. The summed E-state index contributed by atoms with van der Waals surface area (Å²) in [6, 6.07) is 5.69. The summed E-state index contributed by atoms with van der Waals surface area (Å²) in [4.78, 5) is 1.08. The number of aliphatic hydroxyl groups is 1. The van der Waals surface area contributed by atoms with E-state index in [9.17, 15) is 5.11 Å². The Labute approximate surface area is 88.1 Å². The molecule has 0 heterocycles. The number of hydrogen-bond acceptors (Lipinski definition) is 2. The maximum absolute atomic E-state index is 9.30.